The van der Waals surface area contributed by atoms with Crippen LogP contribution in [0.15, 0.2) is 48.5 Å². The lowest BCUT2D eigenvalue weighted by Crippen LogP contribution is -2.02. The van der Waals surface area contributed by atoms with Gasteiger partial charge in [-0.1, -0.05) is 48.5 Å². The summed E-state index contributed by atoms with van der Waals surface area (Å²) >= 11 is 0. The molecule has 0 nitrogen and oxygen atoms in total. The standard InChI is InChI=1S/C28H34/c1-19-7-9-25(17-21(19)3)11-13-27-15-16-28(24(6)23(27)5)14-12-26-10-8-20(2)22(4)18-26/h7-10,15-18H,11-14H2,1-6H3. The minimum absolute atomic E-state index is 1.11. The zero-order chi connectivity index (χ0) is 20.3. The van der Waals surface area contributed by atoms with E-state index in [1.807, 2.05) is 0 Å². The van der Waals surface area contributed by atoms with Gasteiger partial charge in [0.2, 0.25) is 0 Å². The Bertz CT molecular complexity index is 895. The lowest BCUT2D eigenvalue weighted by molar-refractivity contribution is 0.914. The van der Waals surface area contributed by atoms with Gasteiger partial charge in [0.1, 0.15) is 0 Å². The first-order valence-electron chi connectivity index (χ1n) is 10.6. The highest BCUT2D eigenvalue weighted by atomic mass is 14.1. The van der Waals surface area contributed by atoms with Crippen LogP contribution in [-0.2, 0) is 25.7 Å². The van der Waals surface area contributed by atoms with Gasteiger partial charge >= 0.3 is 0 Å². The monoisotopic (exact) mass is 370 g/mol. The number of hydrogen-bond acceptors (Lipinski definition) is 0. The smallest absolute Gasteiger partial charge is 0.0236 e. The number of benzene rings is 3. The van der Waals surface area contributed by atoms with Gasteiger partial charge in [-0.15, -0.1) is 0 Å². The molecule has 3 aromatic rings. The largest absolute Gasteiger partial charge is 0.0588 e. The van der Waals surface area contributed by atoms with Gasteiger partial charge in [-0.05, 0) is 123 Å². The number of aryl methyl sites for hydroxylation is 8. The zero-order valence-electron chi connectivity index (χ0n) is 18.4. The van der Waals surface area contributed by atoms with Crippen molar-refractivity contribution in [3.05, 3.63) is 104 Å². The van der Waals surface area contributed by atoms with E-state index in [0.29, 0.717) is 0 Å². The van der Waals surface area contributed by atoms with E-state index in [9.17, 15) is 0 Å². The van der Waals surface area contributed by atoms with Crippen molar-refractivity contribution in [2.24, 2.45) is 0 Å². The van der Waals surface area contributed by atoms with Crippen LogP contribution in [0.1, 0.15) is 55.6 Å². The Morgan fingerprint density at radius 1 is 0.429 bits per heavy atom. The first kappa shape index (κ1) is 20.4. The molecule has 146 valence electrons. The van der Waals surface area contributed by atoms with Crippen LogP contribution in [0, 0.1) is 41.5 Å². The van der Waals surface area contributed by atoms with Crippen molar-refractivity contribution < 1.29 is 0 Å². The second-order valence-electron chi connectivity index (χ2n) is 8.47. The fraction of sp³-hybridized carbons (Fsp3) is 0.357. The summed E-state index contributed by atoms with van der Waals surface area (Å²) < 4.78 is 0. The molecule has 0 saturated carbocycles. The molecule has 0 fully saturated rings. The molecule has 3 aromatic carbocycles. The minimum Gasteiger partial charge on any atom is -0.0588 e. The van der Waals surface area contributed by atoms with Crippen molar-refractivity contribution in [3.63, 3.8) is 0 Å². The third-order valence-corrected chi connectivity index (χ3v) is 6.52. The Hall–Kier alpha value is -2.34. The van der Waals surface area contributed by atoms with Crippen molar-refractivity contribution in [3.8, 4) is 0 Å². The molecule has 0 aliphatic carbocycles. The van der Waals surface area contributed by atoms with Crippen LogP contribution in [0.2, 0.25) is 0 Å². The highest BCUT2D eigenvalue weighted by molar-refractivity contribution is 5.41. The Kier molecular flexibility index (Phi) is 6.39. The van der Waals surface area contributed by atoms with Crippen LogP contribution in [0.4, 0.5) is 0 Å². The molecular weight excluding hydrogens is 336 g/mol. The van der Waals surface area contributed by atoms with Gasteiger partial charge in [-0.3, -0.25) is 0 Å². The van der Waals surface area contributed by atoms with Crippen LogP contribution >= 0.6 is 0 Å². The van der Waals surface area contributed by atoms with Crippen molar-refractivity contribution in [1.82, 2.24) is 0 Å². The maximum Gasteiger partial charge on any atom is -0.0236 e. The first-order chi connectivity index (χ1) is 13.3. The van der Waals surface area contributed by atoms with Crippen LogP contribution in [0.25, 0.3) is 0 Å². The highest BCUT2D eigenvalue weighted by Gasteiger charge is 2.08. The summed E-state index contributed by atoms with van der Waals surface area (Å²) in [5, 5.41) is 0. The van der Waals surface area contributed by atoms with Crippen LogP contribution in [-0.4, -0.2) is 0 Å². The van der Waals surface area contributed by atoms with Crippen LogP contribution < -0.4 is 0 Å². The molecule has 0 bridgehead atoms. The molecule has 0 unspecified atom stereocenters. The first-order valence-corrected chi connectivity index (χ1v) is 10.6. The van der Waals surface area contributed by atoms with Crippen molar-refractivity contribution in [2.45, 2.75) is 67.2 Å². The third kappa shape index (κ3) is 4.73. The fourth-order valence-corrected chi connectivity index (χ4v) is 3.95. The van der Waals surface area contributed by atoms with E-state index >= 15 is 0 Å². The molecule has 0 heteroatoms. The molecule has 0 aliphatic heterocycles. The van der Waals surface area contributed by atoms with Gasteiger partial charge in [-0.25, -0.2) is 0 Å². The molecule has 0 N–H and O–H groups in total. The lowest BCUT2D eigenvalue weighted by Gasteiger charge is -2.14. The molecule has 0 amide bonds. The zero-order valence-corrected chi connectivity index (χ0v) is 18.4. The minimum atomic E-state index is 1.11. The summed E-state index contributed by atoms with van der Waals surface area (Å²) in [5.41, 5.74) is 14.4. The summed E-state index contributed by atoms with van der Waals surface area (Å²) in [4.78, 5) is 0. The molecule has 0 saturated heterocycles. The van der Waals surface area contributed by atoms with Crippen LogP contribution in [0.5, 0.6) is 0 Å². The topological polar surface area (TPSA) is 0 Å². The van der Waals surface area contributed by atoms with E-state index in [1.54, 1.807) is 0 Å². The number of rotatable bonds is 6. The average Bonchev–Trinajstić information content (AvgIpc) is 2.67. The Morgan fingerprint density at radius 3 is 1.18 bits per heavy atom. The average molecular weight is 371 g/mol. The van der Waals surface area contributed by atoms with Gasteiger partial charge in [-0.2, -0.15) is 0 Å². The van der Waals surface area contributed by atoms with Crippen molar-refractivity contribution in [2.75, 3.05) is 0 Å². The predicted octanol–water partition coefficient (Wildman–Crippen LogP) is 7.11. The normalized spacial score (nSPS) is 11.1. The molecule has 0 spiro atoms. The fourth-order valence-electron chi connectivity index (χ4n) is 3.95. The Labute approximate surface area is 171 Å². The molecular formula is C28H34. The number of hydrogen-bond donors (Lipinski definition) is 0. The molecule has 28 heavy (non-hydrogen) atoms. The second-order valence-corrected chi connectivity index (χ2v) is 8.47. The summed E-state index contributed by atoms with van der Waals surface area (Å²) in [5.74, 6) is 0. The quantitative estimate of drug-likeness (QED) is 0.434. The third-order valence-electron chi connectivity index (χ3n) is 6.52. The molecule has 0 aromatic heterocycles. The lowest BCUT2D eigenvalue weighted by atomic mass is 9.91. The van der Waals surface area contributed by atoms with E-state index in [2.05, 4.69) is 90.1 Å². The van der Waals surface area contributed by atoms with Gasteiger partial charge in [0.15, 0.2) is 0 Å². The van der Waals surface area contributed by atoms with E-state index in [1.165, 1.54) is 55.6 Å². The summed E-state index contributed by atoms with van der Waals surface area (Å²) in [7, 11) is 0. The van der Waals surface area contributed by atoms with Gasteiger partial charge in [0.25, 0.3) is 0 Å². The Balaban J connectivity index is 1.67. The van der Waals surface area contributed by atoms with E-state index in [0.717, 1.165) is 25.7 Å². The maximum absolute atomic E-state index is 2.36. The molecule has 0 heterocycles. The molecule has 0 aliphatic rings. The van der Waals surface area contributed by atoms with E-state index in [-0.39, 0.29) is 0 Å². The molecule has 3 rings (SSSR count). The van der Waals surface area contributed by atoms with Crippen molar-refractivity contribution in [1.29, 1.82) is 0 Å². The summed E-state index contributed by atoms with van der Waals surface area (Å²) in [6.45, 7) is 13.4. The van der Waals surface area contributed by atoms with Gasteiger partial charge in [0.05, 0.1) is 0 Å². The highest BCUT2D eigenvalue weighted by Crippen LogP contribution is 2.22. The Morgan fingerprint density at radius 2 is 0.821 bits per heavy atom. The molecule has 0 radical (unpaired) electrons. The summed E-state index contributed by atoms with van der Waals surface area (Å²) in [6.07, 6.45) is 4.46. The van der Waals surface area contributed by atoms with Gasteiger partial charge in [0, 0.05) is 0 Å². The predicted molar refractivity (Wildman–Crippen MR) is 123 cm³/mol. The van der Waals surface area contributed by atoms with E-state index in [4.69, 9.17) is 0 Å². The SMILES string of the molecule is Cc1ccc(CCc2ccc(CCc3ccc(C)c(C)c3)c(C)c2C)cc1C. The van der Waals surface area contributed by atoms with Gasteiger partial charge < -0.3 is 0 Å². The van der Waals surface area contributed by atoms with E-state index < -0.39 is 0 Å². The summed E-state index contributed by atoms with van der Waals surface area (Å²) in [6, 6.07) is 18.5. The maximum atomic E-state index is 2.36. The second kappa shape index (κ2) is 8.78. The molecule has 0 atom stereocenters. The van der Waals surface area contributed by atoms with Crippen LogP contribution in [0.3, 0.4) is 0 Å². The van der Waals surface area contributed by atoms with Crippen molar-refractivity contribution >= 4 is 0 Å².